The van der Waals surface area contributed by atoms with Crippen molar-refractivity contribution in [3.63, 3.8) is 0 Å². The molecule has 4 heteroatoms. The molecule has 0 bridgehead atoms. The first-order valence-electron chi connectivity index (χ1n) is 9.88. The Hall–Kier alpha value is -2.88. The number of carbonyl (C=O) groups excluding carboxylic acids is 1. The number of nitrogens with zero attached hydrogens (tertiary/aromatic N) is 1. The van der Waals surface area contributed by atoms with Gasteiger partial charge in [-0.3, -0.25) is 4.79 Å². The zero-order valence-corrected chi connectivity index (χ0v) is 16.7. The fourth-order valence-electron chi connectivity index (χ4n) is 3.79. The molecule has 2 aromatic carbocycles. The minimum atomic E-state index is -0.192. The highest BCUT2D eigenvalue weighted by Crippen LogP contribution is 2.30. The van der Waals surface area contributed by atoms with E-state index in [0.717, 1.165) is 24.8 Å². The zero-order valence-electron chi connectivity index (χ0n) is 16.7. The molecule has 0 aliphatic heterocycles. The Morgan fingerprint density at radius 1 is 1.11 bits per heavy atom. The lowest BCUT2D eigenvalue weighted by Crippen LogP contribution is -2.31. The van der Waals surface area contributed by atoms with Gasteiger partial charge in [-0.2, -0.15) is 0 Å². The molecule has 28 heavy (non-hydrogen) atoms. The van der Waals surface area contributed by atoms with Crippen LogP contribution in [0.2, 0.25) is 0 Å². The summed E-state index contributed by atoms with van der Waals surface area (Å²) in [7, 11) is 0. The summed E-state index contributed by atoms with van der Waals surface area (Å²) in [5.74, 6) is 0.415. The predicted octanol–water partition coefficient (Wildman–Crippen LogP) is 5.45. The van der Waals surface area contributed by atoms with Crippen molar-refractivity contribution in [1.82, 2.24) is 10.5 Å². The number of aryl methyl sites for hydroxylation is 1. The van der Waals surface area contributed by atoms with E-state index in [0.29, 0.717) is 11.5 Å². The van der Waals surface area contributed by atoms with Gasteiger partial charge in [0.15, 0.2) is 11.5 Å². The minimum absolute atomic E-state index is 0.0312. The van der Waals surface area contributed by atoms with E-state index in [9.17, 15) is 4.79 Å². The van der Waals surface area contributed by atoms with Crippen LogP contribution < -0.4 is 5.32 Å². The van der Waals surface area contributed by atoms with E-state index in [1.54, 1.807) is 6.07 Å². The summed E-state index contributed by atoms with van der Waals surface area (Å²) in [6.07, 6.45) is 3.09. The largest absolute Gasteiger partial charge is 0.355 e. The number of carbonyl (C=O) groups is 1. The lowest BCUT2D eigenvalue weighted by molar-refractivity contribution is 0.0923. The maximum Gasteiger partial charge on any atom is 0.273 e. The first-order valence-corrected chi connectivity index (χ1v) is 9.88. The predicted molar refractivity (Wildman–Crippen MR) is 110 cm³/mol. The zero-order chi connectivity index (χ0) is 19.7. The number of fused-ring (bicyclic) bond motifs is 1. The molecular formula is C24H26N2O2. The molecule has 1 aromatic heterocycles. The summed E-state index contributed by atoms with van der Waals surface area (Å²) in [6.45, 7) is 6.55. The van der Waals surface area contributed by atoms with Gasteiger partial charge in [-0.1, -0.05) is 74.5 Å². The van der Waals surface area contributed by atoms with Crippen LogP contribution in [-0.2, 0) is 11.8 Å². The average Bonchev–Trinajstić information content (AvgIpc) is 3.18. The fraction of sp³-hybridized carbons (Fsp3) is 0.333. The maximum absolute atomic E-state index is 12.7. The molecule has 0 saturated carbocycles. The molecule has 144 valence electrons. The Morgan fingerprint density at radius 3 is 2.61 bits per heavy atom. The molecule has 0 spiro atoms. The molecular weight excluding hydrogens is 348 g/mol. The van der Waals surface area contributed by atoms with Crippen molar-refractivity contribution in [2.24, 2.45) is 0 Å². The van der Waals surface area contributed by atoms with Crippen molar-refractivity contribution in [1.29, 1.82) is 0 Å². The van der Waals surface area contributed by atoms with Crippen LogP contribution in [0, 0.1) is 0 Å². The van der Waals surface area contributed by atoms with E-state index < -0.39 is 0 Å². The van der Waals surface area contributed by atoms with Crippen LogP contribution in [0.4, 0.5) is 0 Å². The second-order valence-electron chi connectivity index (χ2n) is 8.52. The van der Waals surface area contributed by atoms with Crippen LogP contribution in [0.15, 0.2) is 59.1 Å². The quantitative estimate of drug-likeness (QED) is 0.663. The molecule has 4 rings (SSSR count). The first kappa shape index (κ1) is 18.5. The van der Waals surface area contributed by atoms with Crippen molar-refractivity contribution in [3.05, 3.63) is 77.0 Å². The highest BCUT2D eigenvalue weighted by molar-refractivity contribution is 5.93. The number of benzene rings is 2. The standard InChI is InChI=1S/C24H26N2O2/c1-24(2,3)18-13-11-17(12-14-18)22-15-21(26-28-22)23(27)25-20-10-6-8-16-7-4-5-9-19(16)20/h4-5,7,9,11-15,20H,6,8,10H2,1-3H3,(H,25,27)/t20-/m1/s1. The third-order valence-electron chi connectivity index (χ3n) is 5.45. The number of rotatable bonds is 3. The van der Waals surface area contributed by atoms with Gasteiger partial charge < -0.3 is 9.84 Å². The van der Waals surface area contributed by atoms with Gasteiger partial charge in [0.2, 0.25) is 0 Å². The smallest absolute Gasteiger partial charge is 0.273 e. The molecule has 1 heterocycles. The molecule has 1 aliphatic rings. The number of hydrogen-bond acceptors (Lipinski definition) is 3. The van der Waals surface area contributed by atoms with E-state index in [1.165, 1.54) is 16.7 Å². The molecule has 1 atom stereocenters. The molecule has 0 unspecified atom stereocenters. The summed E-state index contributed by atoms with van der Waals surface area (Å²) >= 11 is 0. The molecule has 0 fully saturated rings. The Balaban J connectivity index is 1.50. The van der Waals surface area contributed by atoms with Crippen LogP contribution >= 0.6 is 0 Å². The monoisotopic (exact) mass is 374 g/mol. The Bertz CT molecular complexity index is 980. The number of aromatic nitrogens is 1. The van der Waals surface area contributed by atoms with Gasteiger partial charge in [0.1, 0.15) is 0 Å². The van der Waals surface area contributed by atoms with E-state index in [4.69, 9.17) is 4.52 Å². The molecule has 3 aromatic rings. The van der Waals surface area contributed by atoms with Crippen molar-refractivity contribution >= 4 is 5.91 Å². The summed E-state index contributed by atoms with van der Waals surface area (Å²) in [5, 5.41) is 7.12. The van der Waals surface area contributed by atoms with Gasteiger partial charge in [-0.25, -0.2) is 0 Å². The normalized spacial score (nSPS) is 16.5. The highest BCUT2D eigenvalue weighted by atomic mass is 16.5. The third-order valence-corrected chi connectivity index (χ3v) is 5.45. The molecule has 1 amide bonds. The number of amides is 1. The lowest BCUT2D eigenvalue weighted by atomic mass is 9.86. The van der Waals surface area contributed by atoms with Crippen molar-refractivity contribution in [3.8, 4) is 11.3 Å². The van der Waals surface area contributed by atoms with E-state index >= 15 is 0 Å². The Morgan fingerprint density at radius 2 is 1.86 bits per heavy atom. The summed E-state index contributed by atoms with van der Waals surface area (Å²) in [5.41, 5.74) is 5.12. The van der Waals surface area contributed by atoms with Gasteiger partial charge >= 0.3 is 0 Å². The molecule has 1 N–H and O–H groups in total. The number of hydrogen-bond donors (Lipinski definition) is 1. The van der Waals surface area contributed by atoms with E-state index in [-0.39, 0.29) is 17.4 Å². The average molecular weight is 374 g/mol. The van der Waals surface area contributed by atoms with E-state index in [2.05, 4.69) is 61.6 Å². The fourth-order valence-corrected chi connectivity index (χ4v) is 3.79. The Labute approximate surface area is 166 Å². The highest BCUT2D eigenvalue weighted by Gasteiger charge is 2.23. The van der Waals surface area contributed by atoms with Gasteiger partial charge in [0.05, 0.1) is 6.04 Å². The molecule has 0 radical (unpaired) electrons. The van der Waals surface area contributed by atoms with Gasteiger partial charge in [0.25, 0.3) is 5.91 Å². The summed E-state index contributed by atoms with van der Waals surface area (Å²) in [4.78, 5) is 12.7. The lowest BCUT2D eigenvalue weighted by Gasteiger charge is -2.25. The van der Waals surface area contributed by atoms with Crippen LogP contribution in [0.1, 0.15) is 66.8 Å². The molecule has 4 nitrogen and oxygen atoms in total. The van der Waals surface area contributed by atoms with Crippen molar-refractivity contribution < 1.29 is 9.32 Å². The SMILES string of the molecule is CC(C)(C)c1ccc(-c2cc(C(=O)N[C@@H]3CCCc4ccccc43)no2)cc1. The van der Waals surface area contributed by atoms with Gasteiger partial charge in [-0.15, -0.1) is 0 Å². The third kappa shape index (κ3) is 3.72. The number of nitrogens with one attached hydrogen (secondary N) is 1. The van der Waals surface area contributed by atoms with E-state index in [1.807, 2.05) is 18.2 Å². The minimum Gasteiger partial charge on any atom is -0.355 e. The van der Waals surface area contributed by atoms with Gasteiger partial charge in [0, 0.05) is 11.6 Å². The van der Waals surface area contributed by atoms with Crippen LogP contribution in [0.3, 0.4) is 0 Å². The Kier molecular flexibility index (Phi) is 4.80. The topological polar surface area (TPSA) is 55.1 Å². The molecule has 1 aliphatic carbocycles. The summed E-state index contributed by atoms with van der Waals surface area (Å²) in [6, 6.07) is 18.3. The van der Waals surface area contributed by atoms with Crippen LogP contribution in [0.5, 0.6) is 0 Å². The van der Waals surface area contributed by atoms with Crippen LogP contribution in [-0.4, -0.2) is 11.1 Å². The molecule has 0 saturated heterocycles. The van der Waals surface area contributed by atoms with Crippen molar-refractivity contribution in [2.75, 3.05) is 0 Å². The second kappa shape index (κ2) is 7.27. The maximum atomic E-state index is 12.7. The second-order valence-corrected chi connectivity index (χ2v) is 8.52. The van der Waals surface area contributed by atoms with Crippen LogP contribution in [0.25, 0.3) is 11.3 Å². The van der Waals surface area contributed by atoms with Gasteiger partial charge in [-0.05, 0) is 41.4 Å². The van der Waals surface area contributed by atoms with Crippen molar-refractivity contribution in [2.45, 2.75) is 51.5 Å². The first-order chi connectivity index (χ1) is 13.4. The summed E-state index contributed by atoms with van der Waals surface area (Å²) < 4.78 is 5.45.